The fourth-order valence-corrected chi connectivity index (χ4v) is 3.46. The predicted octanol–water partition coefficient (Wildman–Crippen LogP) is 2.58. The van der Waals surface area contributed by atoms with Crippen LogP contribution in [0.3, 0.4) is 0 Å². The van der Waals surface area contributed by atoms with Crippen LogP contribution in [0, 0.1) is 0 Å². The van der Waals surface area contributed by atoms with Gasteiger partial charge in [0, 0.05) is 31.3 Å². The molecule has 134 valence electrons. The number of hydrogen-bond acceptors (Lipinski definition) is 5. The lowest BCUT2D eigenvalue weighted by atomic mass is 10.1. The molecule has 1 aromatic carbocycles. The van der Waals surface area contributed by atoms with Crippen molar-refractivity contribution in [2.24, 2.45) is 0 Å². The van der Waals surface area contributed by atoms with E-state index in [1.807, 2.05) is 43.0 Å². The third-order valence-electron chi connectivity index (χ3n) is 4.84. The molecule has 0 radical (unpaired) electrons. The van der Waals surface area contributed by atoms with Gasteiger partial charge in [-0.15, -0.1) is 10.2 Å². The van der Waals surface area contributed by atoms with Crippen LogP contribution >= 0.6 is 0 Å². The van der Waals surface area contributed by atoms with Crippen LogP contribution in [0.25, 0.3) is 10.9 Å². The zero-order valence-electron chi connectivity index (χ0n) is 14.9. The maximum Gasteiger partial charge on any atom is 0.255 e. The Morgan fingerprint density at radius 2 is 2.08 bits per heavy atom. The molecule has 2 aromatic heterocycles. The molecule has 4 rings (SSSR count). The lowest BCUT2D eigenvalue weighted by molar-refractivity contribution is 0.0632. The lowest BCUT2D eigenvalue weighted by Gasteiger charge is -2.34. The summed E-state index contributed by atoms with van der Waals surface area (Å²) in [6.07, 6.45) is 1.69. The van der Waals surface area contributed by atoms with Gasteiger partial charge in [-0.25, -0.2) is 0 Å². The largest absolute Gasteiger partial charge is 0.374 e. The summed E-state index contributed by atoms with van der Waals surface area (Å²) in [4.78, 5) is 19.4. The summed E-state index contributed by atoms with van der Waals surface area (Å²) in [7, 11) is 0. The van der Waals surface area contributed by atoms with Gasteiger partial charge >= 0.3 is 0 Å². The first-order valence-electron chi connectivity index (χ1n) is 8.85. The van der Waals surface area contributed by atoms with Crippen LogP contribution in [0.4, 0.5) is 0 Å². The molecule has 0 saturated heterocycles. The van der Waals surface area contributed by atoms with Crippen LogP contribution in [0.1, 0.15) is 41.9 Å². The highest BCUT2D eigenvalue weighted by molar-refractivity contribution is 6.06. The standard InChI is InChI=1S/C19H21N5O2/c1-3-26-12-17-21-22-18-13(2)23(10-11-24(17)18)19(25)15-8-9-20-16-7-5-4-6-14(15)16/h4-9,13H,3,10-12H2,1-2H3/t13-/m1/s1. The first-order chi connectivity index (χ1) is 12.7. The van der Waals surface area contributed by atoms with E-state index in [1.165, 1.54) is 0 Å². The Balaban J connectivity index is 1.65. The van der Waals surface area contributed by atoms with E-state index >= 15 is 0 Å². The minimum absolute atomic E-state index is 0.00305. The van der Waals surface area contributed by atoms with Crippen LogP contribution in [0.15, 0.2) is 36.5 Å². The SMILES string of the molecule is CCOCc1nnc2n1CCN(C(=O)c1ccnc3ccccc13)[C@@H]2C. The molecule has 26 heavy (non-hydrogen) atoms. The quantitative estimate of drug-likeness (QED) is 0.722. The highest BCUT2D eigenvalue weighted by Crippen LogP contribution is 2.28. The first kappa shape index (κ1) is 16.7. The maximum atomic E-state index is 13.2. The Bertz CT molecular complexity index is 947. The normalized spacial score (nSPS) is 16.7. The van der Waals surface area contributed by atoms with E-state index < -0.39 is 0 Å². The number of para-hydroxylation sites is 1. The van der Waals surface area contributed by atoms with Gasteiger partial charge in [0.05, 0.1) is 17.1 Å². The summed E-state index contributed by atoms with van der Waals surface area (Å²) in [6, 6.07) is 9.35. The molecule has 0 fully saturated rings. The molecule has 1 atom stereocenters. The topological polar surface area (TPSA) is 73.1 Å². The molecule has 3 aromatic rings. The zero-order chi connectivity index (χ0) is 18.1. The van der Waals surface area contributed by atoms with Gasteiger partial charge < -0.3 is 14.2 Å². The molecule has 0 unspecified atom stereocenters. The summed E-state index contributed by atoms with van der Waals surface area (Å²) < 4.78 is 7.52. The summed E-state index contributed by atoms with van der Waals surface area (Å²) in [5.41, 5.74) is 1.50. The highest BCUT2D eigenvalue weighted by atomic mass is 16.5. The average molecular weight is 351 g/mol. The molecule has 0 bridgehead atoms. The number of benzene rings is 1. The summed E-state index contributed by atoms with van der Waals surface area (Å²) >= 11 is 0. The summed E-state index contributed by atoms with van der Waals surface area (Å²) in [5, 5.41) is 9.42. The minimum atomic E-state index is -0.147. The summed E-state index contributed by atoms with van der Waals surface area (Å²) in [6.45, 7) is 6.31. The molecular formula is C19H21N5O2. The number of hydrogen-bond donors (Lipinski definition) is 0. The number of ether oxygens (including phenoxy) is 1. The first-order valence-corrected chi connectivity index (χ1v) is 8.85. The van der Waals surface area contributed by atoms with E-state index in [4.69, 9.17) is 4.74 Å². The van der Waals surface area contributed by atoms with Crippen molar-refractivity contribution >= 4 is 16.8 Å². The van der Waals surface area contributed by atoms with E-state index in [0.29, 0.717) is 31.9 Å². The molecule has 7 heteroatoms. The Morgan fingerprint density at radius 3 is 2.92 bits per heavy atom. The van der Waals surface area contributed by atoms with Crippen LogP contribution in [-0.2, 0) is 17.9 Å². The van der Waals surface area contributed by atoms with E-state index in [9.17, 15) is 4.79 Å². The van der Waals surface area contributed by atoms with Gasteiger partial charge in [0.1, 0.15) is 6.61 Å². The van der Waals surface area contributed by atoms with E-state index in [2.05, 4.69) is 19.7 Å². The molecule has 1 aliphatic rings. The Morgan fingerprint density at radius 1 is 1.23 bits per heavy atom. The van der Waals surface area contributed by atoms with Crippen LogP contribution in [0.2, 0.25) is 0 Å². The maximum absolute atomic E-state index is 13.2. The molecule has 0 N–H and O–H groups in total. The second kappa shape index (κ2) is 6.84. The molecule has 1 aliphatic heterocycles. The number of carbonyl (C=O) groups excluding carboxylic acids is 1. The van der Waals surface area contributed by atoms with Crippen molar-refractivity contribution in [1.29, 1.82) is 0 Å². The Kier molecular flexibility index (Phi) is 4.38. The number of aromatic nitrogens is 4. The van der Waals surface area contributed by atoms with Gasteiger partial charge in [-0.2, -0.15) is 0 Å². The number of nitrogens with zero attached hydrogens (tertiary/aromatic N) is 5. The number of carbonyl (C=O) groups is 1. The second-order valence-electron chi connectivity index (χ2n) is 6.31. The Labute approximate surface area is 151 Å². The molecule has 0 saturated carbocycles. The number of rotatable bonds is 4. The van der Waals surface area contributed by atoms with Crippen LogP contribution in [0.5, 0.6) is 0 Å². The van der Waals surface area contributed by atoms with Gasteiger partial charge in [-0.3, -0.25) is 9.78 Å². The smallest absolute Gasteiger partial charge is 0.255 e. The van der Waals surface area contributed by atoms with E-state index in [0.717, 1.165) is 22.6 Å². The monoisotopic (exact) mass is 351 g/mol. The van der Waals surface area contributed by atoms with Crippen molar-refractivity contribution in [3.8, 4) is 0 Å². The highest BCUT2D eigenvalue weighted by Gasteiger charge is 2.32. The van der Waals surface area contributed by atoms with Crippen LogP contribution < -0.4 is 0 Å². The van der Waals surface area contributed by atoms with Gasteiger partial charge in [0.25, 0.3) is 5.91 Å². The summed E-state index contributed by atoms with van der Waals surface area (Å²) in [5.74, 6) is 1.62. The van der Waals surface area contributed by atoms with Crippen molar-refractivity contribution < 1.29 is 9.53 Å². The molecular weight excluding hydrogens is 330 g/mol. The number of amides is 1. The van der Waals surface area contributed by atoms with Crippen LogP contribution in [-0.4, -0.2) is 43.7 Å². The molecule has 1 amide bonds. The van der Waals surface area contributed by atoms with Crippen molar-refractivity contribution in [3.63, 3.8) is 0 Å². The average Bonchev–Trinajstić information content (AvgIpc) is 3.09. The van der Waals surface area contributed by atoms with Gasteiger partial charge in [-0.1, -0.05) is 18.2 Å². The number of fused-ring (bicyclic) bond motifs is 2. The molecule has 3 heterocycles. The molecule has 0 aliphatic carbocycles. The fraction of sp³-hybridized carbons (Fsp3) is 0.368. The van der Waals surface area contributed by atoms with Crippen molar-refractivity contribution in [1.82, 2.24) is 24.6 Å². The van der Waals surface area contributed by atoms with Gasteiger partial charge in [0.2, 0.25) is 0 Å². The molecule has 0 spiro atoms. The zero-order valence-corrected chi connectivity index (χ0v) is 14.9. The third kappa shape index (κ3) is 2.74. The lowest BCUT2D eigenvalue weighted by Crippen LogP contribution is -2.41. The Hall–Kier alpha value is -2.80. The predicted molar refractivity (Wildman–Crippen MR) is 96.5 cm³/mol. The van der Waals surface area contributed by atoms with Crippen molar-refractivity contribution in [3.05, 3.63) is 53.7 Å². The second-order valence-corrected chi connectivity index (χ2v) is 6.31. The van der Waals surface area contributed by atoms with Crippen molar-refractivity contribution in [2.45, 2.75) is 33.0 Å². The third-order valence-corrected chi connectivity index (χ3v) is 4.84. The molecule has 7 nitrogen and oxygen atoms in total. The van der Waals surface area contributed by atoms with Gasteiger partial charge in [0.15, 0.2) is 11.6 Å². The van der Waals surface area contributed by atoms with E-state index in [-0.39, 0.29) is 11.9 Å². The van der Waals surface area contributed by atoms with Crippen molar-refractivity contribution in [2.75, 3.05) is 13.2 Å². The minimum Gasteiger partial charge on any atom is -0.374 e. The number of pyridine rings is 1. The fourth-order valence-electron chi connectivity index (χ4n) is 3.46. The van der Waals surface area contributed by atoms with Gasteiger partial charge in [-0.05, 0) is 26.0 Å². The van der Waals surface area contributed by atoms with E-state index in [1.54, 1.807) is 12.3 Å².